The number of guanidine groups is 1. The quantitative estimate of drug-likeness (QED) is 0.310. The molecule has 0 bridgehead atoms. The van der Waals surface area contributed by atoms with E-state index >= 15 is 0 Å². The molecule has 8 heteroatoms. The van der Waals surface area contributed by atoms with Gasteiger partial charge in [-0.1, -0.05) is 12.8 Å². The molecule has 0 atom stereocenters. The first kappa shape index (κ1) is 19.3. The number of aliphatic imine (C=N–C) groups is 1. The lowest BCUT2D eigenvalue weighted by atomic mass is 10.2. The smallest absolute Gasteiger partial charge is 0.345 e. The molecule has 0 amide bonds. The molecule has 1 aromatic heterocycles. The monoisotopic (exact) mass is 448 g/mol. The molecule has 2 N–H and O–H groups in total. The highest BCUT2D eigenvalue weighted by Gasteiger charge is 2.17. The summed E-state index contributed by atoms with van der Waals surface area (Å²) in [5, 5.41) is 11.3. The van der Waals surface area contributed by atoms with Crippen LogP contribution in [-0.2, 0) is 19.5 Å². The molecule has 2 heterocycles. The van der Waals surface area contributed by atoms with E-state index in [0.29, 0.717) is 12.6 Å². The third-order valence-corrected chi connectivity index (χ3v) is 4.79. The number of rotatable bonds is 5. The van der Waals surface area contributed by atoms with Gasteiger partial charge >= 0.3 is 5.69 Å². The van der Waals surface area contributed by atoms with Gasteiger partial charge in [0, 0.05) is 39.1 Å². The van der Waals surface area contributed by atoms with E-state index in [1.54, 1.807) is 11.7 Å². The van der Waals surface area contributed by atoms with Crippen LogP contribution in [0.5, 0.6) is 0 Å². The Morgan fingerprint density at radius 3 is 2.79 bits per heavy atom. The van der Waals surface area contributed by atoms with Crippen LogP contribution in [0, 0.1) is 0 Å². The largest absolute Gasteiger partial charge is 0.356 e. The summed E-state index contributed by atoms with van der Waals surface area (Å²) in [6.45, 7) is 2.28. The second kappa shape index (κ2) is 9.43. The summed E-state index contributed by atoms with van der Waals surface area (Å²) >= 11 is 0. The number of nitrogens with zero attached hydrogens (tertiary/aromatic N) is 4. The summed E-state index contributed by atoms with van der Waals surface area (Å²) < 4.78 is 3.45. The van der Waals surface area contributed by atoms with Crippen molar-refractivity contribution in [2.24, 2.45) is 4.99 Å². The van der Waals surface area contributed by atoms with Gasteiger partial charge in [0.15, 0.2) is 5.96 Å². The Balaban J connectivity index is 0.00000208. The second-order valence-electron chi connectivity index (χ2n) is 6.51. The minimum atomic E-state index is 0. The summed E-state index contributed by atoms with van der Waals surface area (Å²) in [5.74, 6) is 1.82. The van der Waals surface area contributed by atoms with Crippen LogP contribution >= 0.6 is 24.0 Å². The molecule has 1 aliphatic carbocycles. The lowest BCUT2D eigenvalue weighted by Crippen LogP contribution is -2.42. The molecule has 2 aliphatic rings. The zero-order valence-corrected chi connectivity index (χ0v) is 16.8. The molecule has 0 aromatic carbocycles. The Morgan fingerprint density at radius 1 is 1.29 bits per heavy atom. The Kier molecular flexibility index (Phi) is 7.57. The molecule has 1 aliphatic heterocycles. The van der Waals surface area contributed by atoms with Crippen LogP contribution in [0.15, 0.2) is 9.79 Å². The zero-order chi connectivity index (χ0) is 16.1. The summed E-state index contributed by atoms with van der Waals surface area (Å²) in [5.41, 5.74) is 0.0492. The Morgan fingerprint density at radius 2 is 2.08 bits per heavy atom. The van der Waals surface area contributed by atoms with E-state index in [1.807, 2.05) is 4.57 Å². The van der Waals surface area contributed by atoms with Crippen LogP contribution in [-0.4, -0.2) is 39.9 Å². The van der Waals surface area contributed by atoms with Crippen LogP contribution in [0.1, 0.15) is 50.8 Å². The fourth-order valence-corrected chi connectivity index (χ4v) is 3.49. The molecule has 3 rings (SSSR count). The first-order chi connectivity index (χ1) is 11.3. The predicted octanol–water partition coefficient (Wildman–Crippen LogP) is 1.50. The van der Waals surface area contributed by atoms with Crippen molar-refractivity contribution in [1.82, 2.24) is 25.0 Å². The standard InChI is InChI=1S/C16H28N6O.HI/c1-17-15(19-13-7-2-3-8-13)18-10-6-12-22-16(23)21-11-5-4-9-14(21)20-22;/h13H,2-12H2,1H3,(H2,17,18,19);1H. The van der Waals surface area contributed by atoms with E-state index in [4.69, 9.17) is 0 Å². The Labute approximate surface area is 160 Å². The van der Waals surface area contributed by atoms with Crippen molar-refractivity contribution in [2.75, 3.05) is 13.6 Å². The summed E-state index contributed by atoms with van der Waals surface area (Å²) in [6.07, 6.45) is 9.10. The van der Waals surface area contributed by atoms with Crippen molar-refractivity contribution in [3.05, 3.63) is 16.3 Å². The molecule has 1 fully saturated rings. The minimum Gasteiger partial charge on any atom is -0.356 e. The summed E-state index contributed by atoms with van der Waals surface area (Å²) in [6, 6.07) is 0.559. The van der Waals surface area contributed by atoms with Crippen LogP contribution < -0.4 is 16.3 Å². The molecule has 1 aromatic rings. The van der Waals surface area contributed by atoms with E-state index in [9.17, 15) is 4.79 Å². The number of nitrogens with one attached hydrogen (secondary N) is 2. The summed E-state index contributed by atoms with van der Waals surface area (Å²) in [7, 11) is 1.80. The molecule has 7 nitrogen and oxygen atoms in total. The topological polar surface area (TPSA) is 76.2 Å². The predicted molar refractivity (Wildman–Crippen MR) is 106 cm³/mol. The van der Waals surface area contributed by atoms with Crippen LogP contribution in [0.25, 0.3) is 0 Å². The van der Waals surface area contributed by atoms with Gasteiger partial charge in [-0.3, -0.25) is 9.56 Å². The highest BCUT2D eigenvalue weighted by atomic mass is 127. The second-order valence-corrected chi connectivity index (χ2v) is 6.51. The first-order valence-electron chi connectivity index (χ1n) is 8.91. The Hall–Kier alpha value is -1.06. The zero-order valence-electron chi connectivity index (χ0n) is 14.5. The van der Waals surface area contributed by atoms with Gasteiger partial charge in [0.2, 0.25) is 0 Å². The maximum atomic E-state index is 12.2. The van der Waals surface area contributed by atoms with Gasteiger partial charge in [-0.15, -0.1) is 24.0 Å². The molecule has 1 saturated carbocycles. The average molecular weight is 448 g/mol. The van der Waals surface area contributed by atoms with Crippen molar-refractivity contribution in [3.63, 3.8) is 0 Å². The van der Waals surface area contributed by atoms with E-state index in [1.165, 1.54) is 25.7 Å². The van der Waals surface area contributed by atoms with Crippen LogP contribution in [0.4, 0.5) is 0 Å². The van der Waals surface area contributed by atoms with Gasteiger partial charge in [-0.25, -0.2) is 9.48 Å². The third kappa shape index (κ3) is 4.73. The maximum Gasteiger partial charge on any atom is 0.345 e. The van der Waals surface area contributed by atoms with E-state index in [2.05, 4.69) is 20.7 Å². The Bertz CT molecular complexity index is 602. The third-order valence-electron chi connectivity index (χ3n) is 4.79. The lowest BCUT2D eigenvalue weighted by Gasteiger charge is -2.16. The highest BCUT2D eigenvalue weighted by Crippen LogP contribution is 2.17. The number of aryl methyl sites for hydroxylation is 2. The number of halogens is 1. The number of aromatic nitrogens is 3. The van der Waals surface area contributed by atoms with Gasteiger partial charge in [0.1, 0.15) is 5.82 Å². The molecule has 24 heavy (non-hydrogen) atoms. The van der Waals surface area contributed by atoms with Crippen molar-refractivity contribution in [3.8, 4) is 0 Å². The molecule has 136 valence electrons. The van der Waals surface area contributed by atoms with Gasteiger partial charge in [-0.2, -0.15) is 5.10 Å². The van der Waals surface area contributed by atoms with Crippen LogP contribution in [0.2, 0.25) is 0 Å². The SMILES string of the molecule is CN=C(NCCCn1nc2n(c1=O)CCCC2)NC1CCCC1.I. The van der Waals surface area contributed by atoms with Crippen LogP contribution in [0.3, 0.4) is 0 Å². The van der Waals surface area contributed by atoms with Gasteiger partial charge < -0.3 is 10.6 Å². The molecule has 0 spiro atoms. The van der Waals surface area contributed by atoms with Crippen molar-refractivity contribution >= 4 is 29.9 Å². The van der Waals surface area contributed by atoms with Crippen molar-refractivity contribution < 1.29 is 0 Å². The number of hydrogen-bond acceptors (Lipinski definition) is 3. The normalized spacial score (nSPS) is 18.1. The maximum absolute atomic E-state index is 12.2. The minimum absolute atomic E-state index is 0. The molecule has 0 saturated heterocycles. The molecular weight excluding hydrogens is 419 g/mol. The summed E-state index contributed by atoms with van der Waals surface area (Å²) in [4.78, 5) is 16.5. The van der Waals surface area contributed by atoms with E-state index < -0.39 is 0 Å². The fraction of sp³-hybridized carbons (Fsp3) is 0.812. The molecule has 0 unspecified atom stereocenters. The average Bonchev–Trinajstić information content (AvgIpc) is 3.19. The van der Waals surface area contributed by atoms with E-state index in [-0.39, 0.29) is 29.7 Å². The van der Waals surface area contributed by atoms with Crippen molar-refractivity contribution in [1.29, 1.82) is 0 Å². The van der Waals surface area contributed by atoms with Gasteiger partial charge in [0.05, 0.1) is 0 Å². The van der Waals surface area contributed by atoms with Crippen molar-refractivity contribution in [2.45, 2.75) is 70.5 Å². The lowest BCUT2D eigenvalue weighted by molar-refractivity contribution is 0.508. The number of hydrogen-bond donors (Lipinski definition) is 2. The molecular formula is C16H29IN6O. The first-order valence-corrected chi connectivity index (χ1v) is 8.91. The fourth-order valence-electron chi connectivity index (χ4n) is 3.49. The van der Waals surface area contributed by atoms with Gasteiger partial charge in [-0.05, 0) is 32.1 Å². The highest BCUT2D eigenvalue weighted by molar-refractivity contribution is 14.0. The van der Waals surface area contributed by atoms with Gasteiger partial charge in [0.25, 0.3) is 0 Å². The van der Waals surface area contributed by atoms with E-state index in [0.717, 1.165) is 50.6 Å². The molecule has 0 radical (unpaired) electrons. The number of fused-ring (bicyclic) bond motifs is 1.